The zero-order valence-corrected chi connectivity index (χ0v) is 6.92. The van der Waals surface area contributed by atoms with Gasteiger partial charge in [0.25, 0.3) is 5.91 Å². The summed E-state index contributed by atoms with van der Waals surface area (Å²) in [6.07, 6.45) is -3.19. The van der Waals surface area contributed by atoms with Crippen molar-refractivity contribution in [2.24, 2.45) is 0 Å². The minimum absolute atomic E-state index is 0.622. The van der Waals surface area contributed by atoms with Gasteiger partial charge < -0.3 is 15.7 Å². The fourth-order valence-corrected chi connectivity index (χ4v) is 0.481. The van der Waals surface area contributed by atoms with E-state index < -0.39 is 37.3 Å². The molecule has 3 N–H and O–H groups in total. The number of amides is 2. The van der Waals surface area contributed by atoms with E-state index in [9.17, 15) is 23.2 Å². The van der Waals surface area contributed by atoms with Crippen LogP contribution in [0.15, 0.2) is 0 Å². The SMILES string of the molecule is O=C(O)CNC(=O)CNC(=O)C(F)F. The van der Waals surface area contributed by atoms with Crippen LogP contribution in [0.3, 0.4) is 0 Å². The van der Waals surface area contributed by atoms with Crippen molar-refractivity contribution in [1.29, 1.82) is 0 Å². The first-order chi connectivity index (χ1) is 6.43. The first-order valence-corrected chi connectivity index (χ1v) is 3.48. The molecule has 0 aliphatic rings. The maximum atomic E-state index is 11.6. The molecule has 80 valence electrons. The Hall–Kier alpha value is -1.73. The number of aliphatic carboxylic acids is 1. The molecule has 0 aliphatic heterocycles. The first kappa shape index (κ1) is 12.3. The molecule has 0 fully saturated rings. The molecule has 0 heterocycles. The van der Waals surface area contributed by atoms with Gasteiger partial charge in [-0.25, -0.2) is 0 Å². The van der Waals surface area contributed by atoms with E-state index in [-0.39, 0.29) is 0 Å². The topological polar surface area (TPSA) is 95.5 Å². The molecule has 0 aromatic rings. The van der Waals surface area contributed by atoms with Crippen LogP contribution in [0.4, 0.5) is 8.78 Å². The van der Waals surface area contributed by atoms with E-state index in [1.165, 1.54) is 0 Å². The largest absolute Gasteiger partial charge is 0.480 e. The Kier molecular flexibility index (Phi) is 5.12. The second-order valence-corrected chi connectivity index (χ2v) is 2.19. The van der Waals surface area contributed by atoms with Crippen molar-refractivity contribution in [2.75, 3.05) is 13.1 Å². The van der Waals surface area contributed by atoms with Crippen molar-refractivity contribution < 1.29 is 28.3 Å². The van der Waals surface area contributed by atoms with E-state index in [2.05, 4.69) is 0 Å². The number of carbonyl (C=O) groups excluding carboxylic acids is 2. The van der Waals surface area contributed by atoms with Crippen LogP contribution in [-0.4, -0.2) is 42.4 Å². The highest BCUT2D eigenvalue weighted by molar-refractivity contribution is 5.87. The average molecular weight is 210 g/mol. The van der Waals surface area contributed by atoms with Crippen LogP contribution in [0.2, 0.25) is 0 Å². The van der Waals surface area contributed by atoms with E-state index in [0.29, 0.717) is 0 Å². The minimum Gasteiger partial charge on any atom is -0.480 e. The molecule has 0 atom stereocenters. The molecule has 0 aliphatic carbocycles. The number of halogens is 2. The Morgan fingerprint density at radius 3 is 2.14 bits per heavy atom. The number of carboxylic acid groups (broad SMARTS) is 1. The van der Waals surface area contributed by atoms with E-state index in [1.807, 2.05) is 5.32 Å². The first-order valence-electron chi connectivity index (χ1n) is 3.48. The maximum absolute atomic E-state index is 11.6. The molecule has 0 bridgehead atoms. The molecule has 0 saturated carbocycles. The van der Waals surface area contributed by atoms with Crippen LogP contribution >= 0.6 is 0 Å². The lowest BCUT2D eigenvalue weighted by Crippen LogP contribution is -2.40. The van der Waals surface area contributed by atoms with Crippen LogP contribution in [0.1, 0.15) is 0 Å². The fraction of sp³-hybridized carbons (Fsp3) is 0.500. The summed E-state index contributed by atoms with van der Waals surface area (Å²) in [5.74, 6) is -3.68. The molecule has 0 rings (SSSR count). The molecule has 0 radical (unpaired) electrons. The molecule has 0 aromatic carbocycles. The molecular formula is C6H8F2N2O4. The van der Waals surface area contributed by atoms with Crippen molar-refractivity contribution in [3.63, 3.8) is 0 Å². The smallest absolute Gasteiger partial charge is 0.322 e. The molecular weight excluding hydrogens is 202 g/mol. The van der Waals surface area contributed by atoms with Crippen molar-refractivity contribution in [3.05, 3.63) is 0 Å². The van der Waals surface area contributed by atoms with Crippen LogP contribution in [0.25, 0.3) is 0 Å². The predicted octanol–water partition coefficient (Wildman–Crippen LogP) is -1.43. The lowest BCUT2D eigenvalue weighted by molar-refractivity contribution is -0.138. The summed E-state index contributed by atoms with van der Waals surface area (Å²) in [6.45, 7) is -1.29. The summed E-state index contributed by atoms with van der Waals surface area (Å²) in [5, 5.41) is 11.6. The molecule has 0 saturated heterocycles. The standard InChI is InChI=1S/C6H8F2N2O4/c7-5(8)6(14)10-1-3(11)9-2-4(12)13/h5H,1-2H2,(H,9,11)(H,10,14)(H,12,13). The second-order valence-electron chi connectivity index (χ2n) is 2.19. The third kappa shape index (κ3) is 5.86. The summed E-state index contributed by atoms with van der Waals surface area (Å²) in [5.41, 5.74) is 0. The van der Waals surface area contributed by atoms with Crippen LogP contribution in [0.5, 0.6) is 0 Å². The number of nitrogens with one attached hydrogen (secondary N) is 2. The predicted molar refractivity (Wildman–Crippen MR) is 39.7 cm³/mol. The van der Waals surface area contributed by atoms with Crippen LogP contribution in [0, 0.1) is 0 Å². The van der Waals surface area contributed by atoms with Gasteiger partial charge >= 0.3 is 12.4 Å². The van der Waals surface area contributed by atoms with E-state index in [1.54, 1.807) is 5.32 Å². The Balaban J connectivity index is 3.64. The summed E-state index contributed by atoms with van der Waals surface area (Å²) < 4.78 is 23.1. The molecule has 0 aromatic heterocycles. The zero-order chi connectivity index (χ0) is 11.1. The van der Waals surface area contributed by atoms with Gasteiger partial charge in [-0.1, -0.05) is 0 Å². The number of hydrogen-bond acceptors (Lipinski definition) is 3. The quantitative estimate of drug-likeness (QED) is 0.518. The zero-order valence-electron chi connectivity index (χ0n) is 6.92. The molecule has 8 heteroatoms. The third-order valence-corrected chi connectivity index (χ3v) is 1.06. The van der Waals surface area contributed by atoms with Crippen molar-refractivity contribution in [3.8, 4) is 0 Å². The van der Waals surface area contributed by atoms with Gasteiger partial charge in [0.2, 0.25) is 5.91 Å². The Labute approximate surface area is 77.3 Å². The van der Waals surface area contributed by atoms with Crippen molar-refractivity contribution in [2.45, 2.75) is 6.43 Å². The fourth-order valence-electron chi connectivity index (χ4n) is 0.481. The second kappa shape index (κ2) is 5.84. The summed E-state index contributed by atoms with van der Waals surface area (Å²) in [7, 11) is 0. The minimum atomic E-state index is -3.19. The summed E-state index contributed by atoms with van der Waals surface area (Å²) in [6, 6.07) is 0. The number of hydrogen-bond donors (Lipinski definition) is 3. The van der Waals surface area contributed by atoms with Crippen LogP contribution < -0.4 is 10.6 Å². The van der Waals surface area contributed by atoms with E-state index in [0.717, 1.165) is 0 Å². The lowest BCUT2D eigenvalue weighted by Gasteiger charge is -2.03. The lowest BCUT2D eigenvalue weighted by atomic mass is 10.5. The Morgan fingerprint density at radius 1 is 1.14 bits per heavy atom. The summed E-state index contributed by atoms with van der Waals surface area (Å²) in [4.78, 5) is 30.8. The van der Waals surface area contributed by atoms with Crippen molar-refractivity contribution in [1.82, 2.24) is 10.6 Å². The third-order valence-electron chi connectivity index (χ3n) is 1.06. The molecule has 14 heavy (non-hydrogen) atoms. The number of carbonyl (C=O) groups is 3. The normalized spacial score (nSPS) is 9.64. The van der Waals surface area contributed by atoms with Gasteiger partial charge in [-0.2, -0.15) is 8.78 Å². The maximum Gasteiger partial charge on any atom is 0.322 e. The molecule has 0 spiro atoms. The highest BCUT2D eigenvalue weighted by atomic mass is 19.3. The van der Waals surface area contributed by atoms with Crippen molar-refractivity contribution >= 4 is 17.8 Å². The van der Waals surface area contributed by atoms with E-state index in [4.69, 9.17) is 5.11 Å². The van der Waals surface area contributed by atoms with Gasteiger partial charge in [-0.15, -0.1) is 0 Å². The molecule has 0 unspecified atom stereocenters. The van der Waals surface area contributed by atoms with Gasteiger partial charge in [-0.05, 0) is 0 Å². The average Bonchev–Trinajstić information content (AvgIpc) is 2.10. The van der Waals surface area contributed by atoms with Crippen LogP contribution in [-0.2, 0) is 14.4 Å². The van der Waals surface area contributed by atoms with Gasteiger partial charge in [0.15, 0.2) is 0 Å². The van der Waals surface area contributed by atoms with Gasteiger partial charge in [0, 0.05) is 0 Å². The Bertz CT molecular complexity index is 244. The molecule has 6 nitrogen and oxygen atoms in total. The van der Waals surface area contributed by atoms with Gasteiger partial charge in [0.1, 0.15) is 6.54 Å². The number of carboxylic acids is 1. The van der Waals surface area contributed by atoms with E-state index >= 15 is 0 Å². The Morgan fingerprint density at radius 2 is 1.71 bits per heavy atom. The van der Waals surface area contributed by atoms with Gasteiger partial charge in [-0.3, -0.25) is 14.4 Å². The highest BCUT2D eigenvalue weighted by Gasteiger charge is 2.15. The molecule has 2 amide bonds. The number of alkyl halides is 2. The monoisotopic (exact) mass is 210 g/mol. The highest BCUT2D eigenvalue weighted by Crippen LogP contribution is 1.89. The summed E-state index contributed by atoms with van der Waals surface area (Å²) >= 11 is 0. The number of rotatable bonds is 5. The van der Waals surface area contributed by atoms with Gasteiger partial charge in [0.05, 0.1) is 6.54 Å².